The molecule has 0 aromatic rings. The molecular formula is C27H38O6. The van der Waals surface area contributed by atoms with Crippen LogP contribution in [0.2, 0.25) is 0 Å². The molecule has 0 saturated heterocycles. The molecular weight excluding hydrogens is 420 g/mol. The third kappa shape index (κ3) is 3.61. The summed E-state index contributed by atoms with van der Waals surface area (Å²) in [7, 11) is 0. The maximum absolute atomic E-state index is 13.6. The van der Waals surface area contributed by atoms with Crippen LogP contribution in [-0.4, -0.2) is 36.2 Å². The Kier molecular flexibility index (Phi) is 5.12. The van der Waals surface area contributed by atoms with Gasteiger partial charge in [-0.3, -0.25) is 9.59 Å². The first-order valence-corrected chi connectivity index (χ1v) is 13.3. The quantitative estimate of drug-likeness (QED) is 0.350. The Morgan fingerprint density at radius 1 is 0.758 bits per heavy atom. The summed E-state index contributed by atoms with van der Waals surface area (Å²) in [5.41, 5.74) is -0.626. The van der Waals surface area contributed by atoms with Crippen LogP contribution in [0.1, 0.15) is 72.1 Å². The Balaban J connectivity index is 1.19. The lowest BCUT2D eigenvalue weighted by Crippen LogP contribution is -2.46. The number of hydrogen-bond donors (Lipinski definition) is 0. The highest BCUT2D eigenvalue weighted by Gasteiger charge is 2.69. The molecule has 182 valence electrons. The van der Waals surface area contributed by atoms with E-state index in [9.17, 15) is 14.4 Å². The molecule has 0 N–H and O–H groups in total. The topological polar surface area (TPSA) is 78.9 Å². The number of esters is 3. The van der Waals surface area contributed by atoms with E-state index >= 15 is 0 Å². The predicted molar refractivity (Wildman–Crippen MR) is 119 cm³/mol. The van der Waals surface area contributed by atoms with Crippen molar-refractivity contribution < 1.29 is 28.6 Å². The predicted octanol–water partition coefficient (Wildman–Crippen LogP) is 4.15. The van der Waals surface area contributed by atoms with Gasteiger partial charge in [0.2, 0.25) is 0 Å². The highest BCUT2D eigenvalue weighted by atomic mass is 16.6. The molecule has 6 saturated carbocycles. The molecule has 6 aliphatic carbocycles. The van der Waals surface area contributed by atoms with Crippen LogP contribution in [0.5, 0.6) is 0 Å². The van der Waals surface area contributed by atoms with Gasteiger partial charge in [0, 0.05) is 0 Å². The van der Waals surface area contributed by atoms with E-state index in [-0.39, 0.29) is 23.9 Å². The van der Waals surface area contributed by atoms with E-state index in [1.807, 2.05) is 0 Å². The van der Waals surface area contributed by atoms with Crippen molar-refractivity contribution in [2.45, 2.75) is 83.8 Å². The fourth-order valence-corrected chi connectivity index (χ4v) is 9.38. The van der Waals surface area contributed by atoms with Crippen LogP contribution in [-0.2, 0) is 28.6 Å². The molecule has 0 spiro atoms. The van der Waals surface area contributed by atoms with E-state index in [1.165, 1.54) is 32.1 Å². The van der Waals surface area contributed by atoms with Crippen LogP contribution in [0.4, 0.5) is 0 Å². The largest absolute Gasteiger partial charge is 0.462 e. The minimum Gasteiger partial charge on any atom is -0.462 e. The number of rotatable bonds is 5. The van der Waals surface area contributed by atoms with Crippen molar-refractivity contribution in [3.63, 3.8) is 0 Å². The molecule has 0 heterocycles. The summed E-state index contributed by atoms with van der Waals surface area (Å²) in [4.78, 5) is 39.1. The van der Waals surface area contributed by atoms with Gasteiger partial charge >= 0.3 is 17.9 Å². The Hall–Kier alpha value is -1.59. The molecule has 0 aromatic carbocycles. The van der Waals surface area contributed by atoms with E-state index in [2.05, 4.69) is 0 Å². The zero-order chi connectivity index (χ0) is 23.1. The van der Waals surface area contributed by atoms with Crippen LogP contribution in [0.25, 0.3) is 0 Å². The number of fused-ring (bicyclic) bond motifs is 11. The van der Waals surface area contributed by atoms with Crippen molar-refractivity contribution in [2.75, 3.05) is 6.61 Å². The SMILES string of the molecule is CC(C)(C)OC(=O)COC(=O)C1C2CC(C1C(=O)OC1CC3CCC1C3)C1C3CCC(C3)C21. The second-order valence-corrected chi connectivity index (χ2v) is 12.9. The molecule has 0 aliphatic heterocycles. The zero-order valence-corrected chi connectivity index (χ0v) is 20.2. The summed E-state index contributed by atoms with van der Waals surface area (Å²) in [6.07, 6.45) is 9.36. The highest BCUT2D eigenvalue weighted by molar-refractivity contribution is 5.85. The van der Waals surface area contributed by atoms with Gasteiger partial charge in [0.15, 0.2) is 6.61 Å². The molecule has 11 atom stereocenters. The summed E-state index contributed by atoms with van der Waals surface area (Å²) in [5, 5.41) is 0. The summed E-state index contributed by atoms with van der Waals surface area (Å²) < 4.78 is 16.9. The van der Waals surface area contributed by atoms with Gasteiger partial charge < -0.3 is 14.2 Å². The molecule has 0 amide bonds. The second-order valence-electron chi connectivity index (χ2n) is 12.9. The average molecular weight is 459 g/mol. The third-order valence-corrected chi connectivity index (χ3v) is 10.1. The van der Waals surface area contributed by atoms with Crippen LogP contribution in [0, 0.1) is 59.2 Å². The minimum absolute atomic E-state index is 0.0321. The lowest BCUT2D eigenvalue weighted by atomic mass is 9.63. The van der Waals surface area contributed by atoms with Crippen LogP contribution in [0.3, 0.4) is 0 Å². The van der Waals surface area contributed by atoms with Crippen molar-refractivity contribution in [1.82, 2.24) is 0 Å². The van der Waals surface area contributed by atoms with E-state index in [0.29, 0.717) is 35.5 Å². The number of ether oxygens (including phenoxy) is 3. The molecule has 6 bridgehead atoms. The fourth-order valence-electron chi connectivity index (χ4n) is 9.38. The molecule has 6 heteroatoms. The first-order valence-electron chi connectivity index (χ1n) is 13.3. The summed E-state index contributed by atoms with van der Waals surface area (Å²) in [6, 6.07) is 0. The summed E-state index contributed by atoms with van der Waals surface area (Å²) in [6.45, 7) is 4.98. The van der Waals surface area contributed by atoms with Crippen molar-refractivity contribution in [2.24, 2.45) is 59.2 Å². The third-order valence-electron chi connectivity index (χ3n) is 10.1. The molecule has 6 rings (SSSR count). The van der Waals surface area contributed by atoms with Gasteiger partial charge in [-0.05, 0) is 119 Å². The van der Waals surface area contributed by atoms with Gasteiger partial charge in [0.05, 0.1) is 11.8 Å². The van der Waals surface area contributed by atoms with Crippen molar-refractivity contribution >= 4 is 17.9 Å². The maximum atomic E-state index is 13.6. The van der Waals surface area contributed by atoms with Crippen molar-refractivity contribution in [1.29, 1.82) is 0 Å². The van der Waals surface area contributed by atoms with E-state index < -0.39 is 36.0 Å². The minimum atomic E-state index is -0.626. The van der Waals surface area contributed by atoms with Gasteiger partial charge in [0.1, 0.15) is 11.7 Å². The van der Waals surface area contributed by atoms with Gasteiger partial charge in [-0.1, -0.05) is 0 Å². The Labute approximate surface area is 196 Å². The molecule has 6 aliphatic rings. The van der Waals surface area contributed by atoms with Crippen molar-refractivity contribution in [3.05, 3.63) is 0 Å². The van der Waals surface area contributed by atoms with Gasteiger partial charge in [-0.25, -0.2) is 4.79 Å². The molecule has 0 radical (unpaired) electrons. The van der Waals surface area contributed by atoms with Gasteiger partial charge in [-0.2, -0.15) is 0 Å². The van der Waals surface area contributed by atoms with E-state index in [4.69, 9.17) is 14.2 Å². The Morgan fingerprint density at radius 3 is 1.97 bits per heavy atom. The first-order chi connectivity index (χ1) is 15.7. The average Bonchev–Trinajstić information content (AvgIpc) is 3.55. The van der Waals surface area contributed by atoms with Gasteiger partial charge in [0.25, 0.3) is 0 Å². The number of carbonyl (C=O) groups is 3. The molecule has 11 unspecified atom stereocenters. The van der Waals surface area contributed by atoms with Crippen molar-refractivity contribution in [3.8, 4) is 0 Å². The van der Waals surface area contributed by atoms with Crippen LogP contribution < -0.4 is 0 Å². The molecule has 0 aromatic heterocycles. The maximum Gasteiger partial charge on any atom is 0.344 e. The smallest absolute Gasteiger partial charge is 0.344 e. The van der Waals surface area contributed by atoms with Gasteiger partial charge in [-0.15, -0.1) is 0 Å². The Morgan fingerprint density at radius 2 is 1.39 bits per heavy atom. The van der Waals surface area contributed by atoms with E-state index in [0.717, 1.165) is 19.3 Å². The lowest BCUT2D eigenvalue weighted by molar-refractivity contribution is -0.176. The fraction of sp³-hybridized carbons (Fsp3) is 0.889. The number of carbonyl (C=O) groups excluding carboxylic acids is 3. The molecule has 6 fully saturated rings. The van der Waals surface area contributed by atoms with Crippen LogP contribution >= 0.6 is 0 Å². The highest BCUT2D eigenvalue weighted by Crippen LogP contribution is 2.70. The lowest BCUT2D eigenvalue weighted by Gasteiger charge is -2.41. The van der Waals surface area contributed by atoms with E-state index in [1.54, 1.807) is 20.8 Å². The standard InChI is InChI=1S/C27H38O6/c1-27(2,3)33-20(28)12-31-25(29)23-17-11-18(22-16-7-6-15(10-16)21(17)22)24(23)26(30)32-19-9-13-4-5-14(19)8-13/h13-19,21-24H,4-12H2,1-3H3. The zero-order valence-electron chi connectivity index (χ0n) is 20.2. The Bertz CT molecular complexity index is 844. The monoisotopic (exact) mass is 458 g/mol. The summed E-state index contributed by atoms with van der Waals surface area (Å²) in [5.74, 6) is 2.18. The molecule has 33 heavy (non-hydrogen) atoms. The van der Waals surface area contributed by atoms with Crippen LogP contribution in [0.15, 0.2) is 0 Å². The summed E-state index contributed by atoms with van der Waals surface area (Å²) >= 11 is 0. The number of hydrogen-bond acceptors (Lipinski definition) is 6. The first kappa shape index (κ1) is 21.9. The second kappa shape index (κ2) is 7.71. The molecule has 6 nitrogen and oxygen atoms in total. The normalized spacial score (nSPS) is 46.5.